The zero-order valence-corrected chi connectivity index (χ0v) is 23.9. The molecule has 2 atom stereocenters. The first-order valence-corrected chi connectivity index (χ1v) is 14.4. The number of esters is 1. The number of hydrogen-bond acceptors (Lipinski definition) is 6. The normalized spacial score (nSPS) is 15.5. The van der Waals surface area contributed by atoms with E-state index in [4.69, 9.17) is 4.74 Å². The van der Waals surface area contributed by atoms with Crippen molar-refractivity contribution in [1.29, 1.82) is 0 Å². The standard InChI is InChI=1S/C34H36N2O7/c37-30(23-43-34(42)27(19-24-11-4-1-5-12-24)20-25-13-6-2-7-14-25)28(21-33(40)41)35-31(38)22-36-29(17-10-18-32(36)39)26-15-8-3-9-16-26/h1-9,11-16,27-29H,10,17-23H2,(H,35,38)(H,40,41). The van der Waals surface area contributed by atoms with Crippen molar-refractivity contribution in [2.45, 2.75) is 50.6 Å². The Hall–Kier alpha value is -4.79. The zero-order valence-electron chi connectivity index (χ0n) is 23.9. The average Bonchev–Trinajstić information content (AvgIpc) is 3.01. The maximum absolute atomic E-state index is 13.2. The van der Waals surface area contributed by atoms with Crippen LogP contribution in [0.3, 0.4) is 0 Å². The Morgan fingerprint density at radius 3 is 1.98 bits per heavy atom. The van der Waals surface area contributed by atoms with Crippen molar-refractivity contribution in [3.05, 3.63) is 108 Å². The van der Waals surface area contributed by atoms with Crippen LogP contribution >= 0.6 is 0 Å². The number of hydrogen-bond donors (Lipinski definition) is 2. The second-order valence-corrected chi connectivity index (χ2v) is 10.7. The van der Waals surface area contributed by atoms with Gasteiger partial charge in [-0.1, -0.05) is 91.0 Å². The molecule has 2 unspecified atom stereocenters. The molecule has 0 aromatic heterocycles. The number of likely N-dealkylation sites (tertiary alicyclic amines) is 1. The molecule has 0 saturated carbocycles. The van der Waals surface area contributed by atoms with Crippen molar-refractivity contribution >= 4 is 29.5 Å². The van der Waals surface area contributed by atoms with E-state index in [2.05, 4.69) is 5.32 Å². The number of Topliss-reactive ketones (excluding diaryl/α,β-unsaturated/α-hetero) is 1. The first kappa shape index (κ1) is 31.2. The molecule has 1 fully saturated rings. The van der Waals surface area contributed by atoms with E-state index >= 15 is 0 Å². The second-order valence-electron chi connectivity index (χ2n) is 10.7. The van der Waals surface area contributed by atoms with E-state index in [0.29, 0.717) is 32.1 Å². The van der Waals surface area contributed by atoms with Crippen molar-refractivity contribution < 1.29 is 33.8 Å². The number of carbonyl (C=O) groups is 5. The molecule has 2 amide bonds. The van der Waals surface area contributed by atoms with Crippen LogP contribution in [0.1, 0.15) is 48.4 Å². The minimum Gasteiger partial charge on any atom is -0.481 e. The lowest BCUT2D eigenvalue weighted by atomic mass is 9.92. The highest BCUT2D eigenvalue weighted by Gasteiger charge is 2.32. The van der Waals surface area contributed by atoms with E-state index < -0.39 is 48.6 Å². The Balaban J connectivity index is 1.39. The van der Waals surface area contributed by atoms with Gasteiger partial charge in [-0.05, 0) is 42.4 Å². The fraction of sp³-hybridized carbons (Fsp3) is 0.324. The van der Waals surface area contributed by atoms with Gasteiger partial charge < -0.3 is 20.1 Å². The van der Waals surface area contributed by atoms with Crippen LogP contribution in [0.2, 0.25) is 0 Å². The number of nitrogens with zero attached hydrogens (tertiary/aromatic N) is 1. The molecule has 0 bridgehead atoms. The average molecular weight is 585 g/mol. The fourth-order valence-electron chi connectivity index (χ4n) is 5.35. The van der Waals surface area contributed by atoms with E-state index in [0.717, 1.165) is 16.7 Å². The summed E-state index contributed by atoms with van der Waals surface area (Å²) in [7, 11) is 0. The molecule has 1 heterocycles. The van der Waals surface area contributed by atoms with Crippen molar-refractivity contribution in [3.63, 3.8) is 0 Å². The van der Waals surface area contributed by atoms with Gasteiger partial charge in [0.15, 0.2) is 12.4 Å². The first-order valence-electron chi connectivity index (χ1n) is 14.4. The maximum atomic E-state index is 13.2. The Kier molecular flexibility index (Phi) is 11.2. The summed E-state index contributed by atoms with van der Waals surface area (Å²) in [4.78, 5) is 65.0. The van der Waals surface area contributed by atoms with Crippen molar-refractivity contribution in [2.24, 2.45) is 5.92 Å². The summed E-state index contributed by atoms with van der Waals surface area (Å²) >= 11 is 0. The van der Waals surface area contributed by atoms with E-state index in [1.54, 1.807) is 0 Å². The molecule has 0 spiro atoms. The lowest BCUT2D eigenvalue weighted by Crippen LogP contribution is -2.50. The topological polar surface area (TPSA) is 130 Å². The predicted octanol–water partition coefficient (Wildman–Crippen LogP) is 3.91. The number of ketones is 1. The second kappa shape index (κ2) is 15.4. The lowest BCUT2D eigenvalue weighted by Gasteiger charge is -2.35. The van der Waals surface area contributed by atoms with Crippen molar-refractivity contribution in [1.82, 2.24) is 10.2 Å². The third-order valence-corrected chi connectivity index (χ3v) is 7.51. The molecule has 1 aliphatic heterocycles. The monoisotopic (exact) mass is 584 g/mol. The van der Waals surface area contributed by atoms with Gasteiger partial charge in [-0.3, -0.25) is 24.0 Å². The molecule has 9 nitrogen and oxygen atoms in total. The number of rotatable bonds is 14. The molecule has 1 aliphatic rings. The van der Waals surface area contributed by atoms with Crippen LogP contribution < -0.4 is 5.32 Å². The number of carboxylic acids is 1. The molecule has 2 N–H and O–H groups in total. The highest BCUT2D eigenvalue weighted by Crippen LogP contribution is 2.31. The van der Waals surface area contributed by atoms with Crippen LogP contribution in [-0.2, 0) is 41.6 Å². The lowest BCUT2D eigenvalue weighted by molar-refractivity contribution is -0.153. The summed E-state index contributed by atoms with van der Waals surface area (Å²) < 4.78 is 5.40. The molecule has 9 heteroatoms. The van der Waals surface area contributed by atoms with Gasteiger partial charge in [0, 0.05) is 6.42 Å². The smallest absolute Gasteiger partial charge is 0.310 e. The number of carboxylic acid groups (broad SMARTS) is 1. The summed E-state index contributed by atoms with van der Waals surface area (Å²) in [6.07, 6.45) is 1.78. The Labute approximate surface area is 250 Å². The van der Waals surface area contributed by atoms with Gasteiger partial charge in [0.2, 0.25) is 11.8 Å². The number of benzene rings is 3. The third kappa shape index (κ3) is 9.36. The predicted molar refractivity (Wildman–Crippen MR) is 159 cm³/mol. The Bertz CT molecular complexity index is 1350. The van der Waals surface area contributed by atoms with Gasteiger partial charge in [-0.25, -0.2) is 0 Å². The molecule has 224 valence electrons. The third-order valence-electron chi connectivity index (χ3n) is 7.51. The zero-order chi connectivity index (χ0) is 30.6. The van der Waals surface area contributed by atoms with Gasteiger partial charge in [0.25, 0.3) is 0 Å². The van der Waals surface area contributed by atoms with Gasteiger partial charge in [0.05, 0.1) is 18.4 Å². The minimum absolute atomic E-state index is 0.187. The number of amides is 2. The maximum Gasteiger partial charge on any atom is 0.310 e. The molecular weight excluding hydrogens is 548 g/mol. The number of piperidine rings is 1. The first-order chi connectivity index (χ1) is 20.8. The Morgan fingerprint density at radius 2 is 1.42 bits per heavy atom. The molecule has 0 radical (unpaired) electrons. The van der Waals surface area contributed by atoms with Crippen LogP contribution in [0, 0.1) is 5.92 Å². The number of ether oxygens (including phenoxy) is 1. The SMILES string of the molecule is O=C(O)CC(NC(=O)CN1C(=O)CCCC1c1ccccc1)C(=O)COC(=O)C(Cc1ccccc1)Cc1ccccc1. The molecular formula is C34H36N2O7. The minimum atomic E-state index is -1.42. The van der Waals surface area contributed by atoms with Crippen LogP contribution in [0.25, 0.3) is 0 Å². The molecule has 3 aromatic carbocycles. The molecule has 1 saturated heterocycles. The van der Waals surface area contributed by atoms with Crippen molar-refractivity contribution in [3.8, 4) is 0 Å². The number of carbonyl (C=O) groups excluding carboxylic acids is 4. The number of nitrogens with one attached hydrogen (secondary N) is 1. The summed E-state index contributed by atoms with van der Waals surface area (Å²) in [6, 6.07) is 26.6. The van der Waals surface area contributed by atoms with E-state index in [9.17, 15) is 29.1 Å². The largest absolute Gasteiger partial charge is 0.481 e. The fourth-order valence-corrected chi connectivity index (χ4v) is 5.35. The van der Waals surface area contributed by atoms with Gasteiger partial charge in [0.1, 0.15) is 12.6 Å². The van der Waals surface area contributed by atoms with Gasteiger partial charge in [-0.2, -0.15) is 0 Å². The molecule has 0 aliphatic carbocycles. The van der Waals surface area contributed by atoms with Crippen LogP contribution in [0.4, 0.5) is 0 Å². The summed E-state index contributed by atoms with van der Waals surface area (Å²) in [5, 5.41) is 11.9. The summed E-state index contributed by atoms with van der Waals surface area (Å²) in [5.74, 6) is -4.06. The van der Waals surface area contributed by atoms with Crippen LogP contribution in [0.15, 0.2) is 91.0 Å². The van der Waals surface area contributed by atoms with Gasteiger partial charge in [-0.15, -0.1) is 0 Å². The van der Waals surface area contributed by atoms with Crippen LogP contribution in [-0.4, -0.2) is 58.7 Å². The molecule has 3 aromatic rings. The van der Waals surface area contributed by atoms with Crippen molar-refractivity contribution in [2.75, 3.05) is 13.2 Å². The highest BCUT2D eigenvalue weighted by molar-refractivity contribution is 5.94. The quantitative estimate of drug-likeness (QED) is 0.275. The summed E-state index contributed by atoms with van der Waals surface area (Å²) in [5.41, 5.74) is 2.77. The Morgan fingerprint density at radius 1 is 0.860 bits per heavy atom. The van der Waals surface area contributed by atoms with E-state index in [1.165, 1.54) is 4.90 Å². The number of aliphatic carboxylic acids is 1. The highest BCUT2D eigenvalue weighted by atomic mass is 16.5. The van der Waals surface area contributed by atoms with Crippen LogP contribution in [0.5, 0.6) is 0 Å². The van der Waals surface area contributed by atoms with E-state index in [1.807, 2.05) is 91.0 Å². The van der Waals surface area contributed by atoms with E-state index in [-0.39, 0.29) is 18.5 Å². The molecule has 43 heavy (non-hydrogen) atoms. The van der Waals surface area contributed by atoms with Gasteiger partial charge >= 0.3 is 11.9 Å². The summed E-state index contributed by atoms with van der Waals surface area (Å²) in [6.45, 7) is -1.01. The molecule has 4 rings (SSSR count).